The molecule has 2 aromatic carbocycles. The molecule has 0 bridgehead atoms. The van der Waals surface area contributed by atoms with Gasteiger partial charge in [-0.2, -0.15) is 5.26 Å². The lowest BCUT2D eigenvalue weighted by atomic mass is 9.97. The van der Waals surface area contributed by atoms with Gasteiger partial charge in [-0.1, -0.05) is 30.3 Å². The predicted molar refractivity (Wildman–Crippen MR) is 151 cm³/mol. The number of carbonyl (C=O) groups is 2. The summed E-state index contributed by atoms with van der Waals surface area (Å²) in [5.74, 6) is -0.631. The molecule has 0 unspecified atom stereocenters. The number of thiophene rings is 1. The van der Waals surface area contributed by atoms with Gasteiger partial charge in [0.15, 0.2) is 5.82 Å². The predicted octanol–water partition coefficient (Wildman–Crippen LogP) is 5.18. The topological polar surface area (TPSA) is 132 Å². The van der Waals surface area contributed by atoms with Crippen LogP contribution in [-0.2, 0) is 4.79 Å². The van der Waals surface area contributed by atoms with Gasteiger partial charge in [-0.15, -0.1) is 23.7 Å². The Labute approximate surface area is 229 Å². The van der Waals surface area contributed by atoms with Gasteiger partial charge < -0.3 is 21.1 Å². The van der Waals surface area contributed by atoms with E-state index in [0.29, 0.717) is 40.2 Å². The van der Waals surface area contributed by atoms with Crippen LogP contribution in [-0.4, -0.2) is 34.5 Å². The Morgan fingerprint density at radius 1 is 1.11 bits per heavy atom. The average Bonchev–Trinajstić information content (AvgIpc) is 3.62. The molecular formula is C28H24ClN5O3S. The molecule has 4 aromatic rings. The van der Waals surface area contributed by atoms with Gasteiger partial charge in [0.1, 0.15) is 23.4 Å². The van der Waals surface area contributed by atoms with E-state index in [0.717, 1.165) is 12.1 Å². The van der Waals surface area contributed by atoms with E-state index in [-0.39, 0.29) is 47.4 Å². The SMILES string of the molecule is Cl.N#Cc1c(-c2cccc(N3CCC[C@@H]3C(N)=O)c2)cc(-c2ccccc2O)nc1NC(=O)c1cccs1. The minimum atomic E-state index is -0.388. The first-order valence-corrected chi connectivity index (χ1v) is 12.6. The molecule has 1 atom stereocenters. The van der Waals surface area contributed by atoms with Crippen LogP contribution in [0.25, 0.3) is 22.4 Å². The number of nitrogens with two attached hydrogens (primary N) is 1. The second-order valence-corrected chi connectivity index (χ2v) is 9.59. The molecule has 2 aromatic heterocycles. The maximum absolute atomic E-state index is 12.9. The molecule has 1 saturated heterocycles. The average molecular weight is 546 g/mol. The largest absolute Gasteiger partial charge is 0.507 e. The molecular weight excluding hydrogens is 522 g/mol. The summed E-state index contributed by atoms with van der Waals surface area (Å²) in [5, 5.41) is 25.2. The number of primary amides is 1. The monoisotopic (exact) mass is 545 g/mol. The highest BCUT2D eigenvalue weighted by Gasteiger charge is 2.29. The van der Waals surface area contributed by atoms with Crippen LogP contribution in [0, 0.1) is 11.3 Å². The van der Waals surface area contributed by atoms with E-state index in [2.05, 4.69) is 16.4 Å². The van der Waals surface area contributed by atoms with Crippen LogP contribution >= 0.6 is 23.7 Å². The molecule has 0 saturated carbocycles. The number of aromatic hydroxyl groups is 1. The molecule has 192 valence electrons. The first-order chi connectivity index (χ1) is 18.0. The number of nitrogens with one attached hydrogen (secondary N) is 1. The highest BCUT2D eigenvalue weighted by atomic mass is 35.5. The van der Waals surface area contributed by atoms with Crippen molar-refractivity contribution in [2.45, 2.75) is 18.9 Å². The Morgan fingerprint density at radius 2 is 1.92 bits per heavy atom. The van der Waals surface area contributed by atoms with E-state index in [1.165, 1.54) is 11.3 Å². The first kappa shape index (κ1) is 26.7. The van der Waals surface area contributed by atoms with Crippen molar-refractivity contribution < 1.29 is 14.7 Å². The molecule has 3 heterocycles. The lowest BCUT2D eigenvalue weighted by Crippen LogP contribution is -2.40. The number of para-hydroxylation sites is 1. The number of hydrogen-bond acceptors (Lipinski definition) is 7. The molecule has 0 aliphatic carbocycles. The number of benzene rings is 2. The normalized spacial score (nSPS) is 14.4. The summed E-state index contributed by atoms with van der Waals surface area (Å²) in [6.45, 7) is 0.698. The molecule has 1 fully saturated rings. The summed E-state index contributed by atoms with van der Waals surface area (Å²) < 4.78 is 0. The number of nitriles is 1. The van der Waals surface area contributed by atoms with Crippen LogP contribution in [0.1, 0.15) is 28.1 Å². The Balaban J connectivity index is 0.00000336. The summed E-state index contributed by atoms with van der Waals surface area (Å²) in [7, 11) is 0. The minimum absolute atomic E-state index is 0. The lowest BCUT2D eigenvalue weighted by Gasteiger charge is -2.25. The van der Waals surface area contributed by atoms with E-state index in [1.54, 1.807) is 47.8 Å². The fourth-order valence-electron chi connectivity index (χ4n) is 4.61. The summed E-state index contributed by atoms with van der Waals surface area (Å²) >= 11 is 1.28. The quantitative estimate of drug-likeness (QED) is 0.306. The van der Waals surface area contributed by atoms with E-state index < -0.39 is 0 Å². The number of carbonyl (C=O) groups excluding carboxylic acids is 2. The van der Waals surface area contributed by atoms with Crippen molar-refractivity contribution in [3.8, 4) is 34.2 Å². The maximum atomic E-state index is 12.9. The molecule has 4 N–H and O–H groups in total. The van der Waals surface area contributed by atoms with Crippen molar-refractivity contribution in [1.29, 1.82) is 5.26 Å². The number of phenols is 1. The second kappa shape index (κ2) is 11.3. The molecule has 1 aliphatic heterocycles. The van der Waals surface area contributed by atoms with Crippen LogP contribution in [0.5, 0.6) is 5.75 Å². The number of hydrogen-bond donors (Lipinski definition) is 3. The summed E-state index contributed by atoms with van der Waals surface area (Å²) in [6.07, 6.45) is 1.54. The van der Waals surface area contributed by atoms with Gasteiger partial charge in [0.05, 0.1) is 10.6 Å². The summed E-state index contributed by atoms with van der Waals surface area (Å²) in [5.41, 5.74) is 8.73. The van der Waals surface area contributed by atoms with Crippen molar-refractivity contribution in [1.82, 2.24) is 4.98 Å². The van der Waals surface area contributed by atoms with Gasteiger partial charge in [0.2, 0.25) is 5.91 Å². The van der Waals surface area contributed by atoms with Crippen molar-refractivity contribution >= 4 is 47.1 Å². The number of rotatable bonds is 6. The molecule has 5 rings (SSSR count). The van der Waals surface area contributed by atoms with Crippen LogP contribution in [0.2, 0.25) is 0 Å². The number of amides is 2. The van der Waals surface area contributed by atoms with Crippen molar-refractivity contribution in [3.63, 3.8) is 0 Å². The molecule has 2 amide bonds. The van der Waals surface area contributed by atoms with Crippen LogP contribution in [0.4, 0.5) is 11.5 Å². The Bertz CT molecular complexity index is 1530. The zero-order valence-electron chi connectivity index (χ0n) is 20.1. The number of nitrogens with zero attached hydrogens (tertiary/aromatic N) is 3. The van der Waals surface area contributed by atoms with Crippen LogP contribution in [0.3, 0.4) is 0 Å². The Morgan fingerprint density at radius 3 is 2.63 bits per heavy atom. The zero-order chi connectivity index (χ0) is 25.9. The molecule has 0 spiro atoms. The highest BCUT2D eigenvalue weighted by Crippen LogP contribution is 2.37. The van der Waals surface area contributed by atoms with E-state index in [4.69, 9.17) is 5.73 Å². The van der Waals surface area contributed by atoms with E-state index in [9.17, 15) is 20.0 Å². The third-order valence-electron chi connectivity index (χ3n) is 6.36. The number of halogens is 1. The number of aromatic nitrogens is 1. The molecule has 10 heteroatoms. The molecule has 8 nitrogen and oxygen atoms in total. The minimum Gasteiger partial charge on any atom is -0.507 e. The fraction of sp³-hybridized carbons (Fsp3) is 0.143. The van der Waals surface area contributed by atoms with Crippen molar-refractivity contribution in [2.75, 3.05) is 16.8 Å². The molecule has 0 radical (unpaired) electrons. The van der Waals surface area contributed by atoms with Gasteiger partial charge in [-0.05, 0) is 60.2 Å². The van der Waals surface area contributed by atoms with Crippen LogP contribution in [0.15, 0.2) is 72.1 Å². The zero-order valence-corrected chi connectivity index (χ0v) is 21.8. The fourth-order valence-corrected chi connectivity index (χ4v) is 5.22. The van der Waals surface area contributed by atoms with Gasteiger partial charge in [-0.25, -0.2) is 4.98 Å². The number of pyridine rings is 1. The van der Waals surface area contributed by atoms with E-state index in [1.807, 2.05) is 29.2 Å². The third-order valence-corrected chi connectivity index (χ3v) is 7.23. The Hall–Kier alpha value is -4.39. The third kappa shape index (κ3) is 5.18. The van der Waals surface area contributed by atoms with E-state index >= 15 is 0 Å². The standard InChI is InChI=1S/C28H23N5O3S.ClH/c29-16-21-20(17-6-3-7-18(14-17)33-12-4-9-23(33)26(30)35)15-22(19-8-1-2-10-24(19)34)31-27(21)32-28(36)25-11-5-13-37-25;/h1-3,5-8,10-11,13-15,23,34H,4,9,12H2,(H2,30,35)(H,31,32,36);1H/t23-;/m1./s1. The number of phenolic OH excluding ortho intramolecular Hbond substituents is 1. The van der Waals surface area contributed by atoms with Gasteiger partial charge in [0, 0.05) is 23.4 Å². The molecule has 38 heavy (non-hydrogen) atoms. The second-order valence-electron chi connectivity index (χ2n) is 8.64. The first-order valence-electron chi connectivity index (χ1n) is 11.7. The molecule has 1 aliphatic rings. The summed E-state index contributed by atoms with van der Waals surface area (Å²) in [6, 6.07) is 21.3. The van der Waals surface area contributed by atoms with Crippen molar-refractivity contribution in [3.05, 3.63) is 82.6 Å². The van der Waals surface area contributed by atoms with Gasteiger partial charge >= 0.3 is 0 Å². The smallest absolute Gasteiger partial charge is 0.266 e. The van der Waals surface area contributed by atoms with Crippen LogP contribution < -0.4 is 16.0 Å². The summed E-state index contributed by atoms with van der Waals surface area (Å²) in [4.78, 5) is 31.9. The lowest BCUT2D eigenvalue weighted by molar-refractivity contribution is -0.119. The van der Waals surface area contributed by atoms with Crippen molar-refractivity contribution in [2.24, 2.45) is 5.73 Å². The van der Waals surface area contributed by atoms with Gasteiger partial charge in [0.25, 0.3) is 5.91 Å². The van der Waals surface area contributed by atoms with Gasteiger partial charge in [-0.3, -0.25) is 9.59 Å². The Kier molecular flexibility index (Phi) is 7.96. The maximum Gasteiger partial charge on any atom is 0.266 e. The highest BCUT2D eigenvalue weighted by molar-refractivity contribution is 7.12. The number of anilines is 2.